The number of thiophene rings is 1. The summed E-state index contributed by atoms with van der Waals surface area (Å²) in [6.07, 6.45) is 0.265. The normalized spacial score (nSPS) is 15.4. The van der Waals surface area contributed by atoms with Gasteiger partial charge in [-0.3, -0.25) is 0 Å². The Hall–Kier alpha value is -1.03. The van der Waals surface area contributed by atoms with E-state index in [2.05, 4.69) is 0 Å². The highest BCUT2D eigenvalue weighted by Gasteiger charge is 2.22. The van der Waals surface area contributed by atoms with Gasteiger partial charge in [-0.05, 0) is 17.7 Å². The molecule has 17 heavy (non-hydrogen) atoms. The summed E-state index contributed by atoms with van der Waals surface area (Å²) in [6, 6.07) is 9.56. The van der Waals surface area contributed by atoms with Crippen LogP contribution in [0.4, 0.5) is 0 Å². The van der Waals surface area contributed by atoms with Gasteiger partial charge in [0.05, 0.1) is 10.9 Å². The molecule has 3 rings (SSSR count). The Balaban J connectivity index is 2.02. The average molecular weight is 267 g/mol. The maximum atomic E-state index is 10.3. The predicted octanol–water partition coefficient (Wildman–Crippen LogP) is 3.42. The molecule has 0 radical (unpaired) electrons. The highest BCUT2D eigenvalue weighted by Crippen LogP contribution is 2.38. The van der Waals surface area contributed by atoms with Crippen molar-refractivity contribution in [3.63, 3.8) is 0 Å². The van der Waals surface area contributed by atoms with Gasteiger partial charge >= 0.3 is 0 Å². The number of aliphatic hydroxyl groups is 1. The number of hydrogen-bond donors (Lipinski definition) is 1. The largest absolute Gasteiger partial charge is 0.493 e. The summed E-state index contributed by atoms with van der Waals surface area (Å²) in [5, 5.41) is 10.3. The molecule has 2 nitrogen and oxygen atoms in total. The van der Waals surface area contributed by atoms with E-state index in [1.165, 1.54) is 16.9 Å². The highest BCUT2D eigenvalue weighted by atomic mass is 35.5. The molecule has 0 fully saturated rings. The van der Waals surface area contributed by atoms with Gasteiger partial charge in [0.1, 0.15) is 11.9 Å². The van der Waals surface area contributed by atoms with Crippen LogP contribution < -0.4 is 4.74 Å². The summed E-state index contributed by atoms with van der Waals surface area (Å²) >= 11 is 7.28. The van der Waals surface area contributed by atoms with Crippen LogP contribution in [0.1, 0.15) is 22.1 Å². The number of fused-ring (bicyclic) bond motifs is 1. The van der Waals surface area contributed by atoms with Crippen molar-refractivity contribution >= 4 is 22.9 Å². The fourth-order valence-electron chi connectivity index (χ4n) is 2.08. The lowest BCUT2D eigenvalue weighted by molar-refractivity contribution is 0.217. The lowest BCUT2D eigenvalue weighted by Gasteiger charge is -2.13. The summed E-state index contributed by atoms with van der Waals surface area (Å²) in [7, 11) is 0. The van der Waals surface area contributed by atoms with Crippen molar-refractivity contribution in [2.24, 2.45) is 0 Å². The number of benzene rings is 1. The summed E-state index contributed by atoms with van der Waals surface area (Å²) in [6.45, 7) is 0.699. The molecular weight excluding hydrogens is 256 g/mol. The van der Waals surface area contributed by atoms with E-state index < -0.39 is 6.10 Å². The molecule has 0 bridgehead atoms. The van der Waals surface area contributed by atoms with Crippen LogP contribution in [0.5, 0.6) is 5.75 Å². The third-order valence-corrected chi connectivity index (χ3v) is 4.19. The zero-order valence-electron chi connectivity index (χ0n) is 9.02. The monoisotopic (exact) mass is 266 g/mol. The van der Waals surface area contributed by atoms with Crippen molar-refractivity contribution in [1.29, 1.82) is 0 Å². The summed E-state index contributed by atoms with van der Waals surface area (Å²) in [5.74, 6) is 0.838. The number of hydrogen-bond acceptors (Lipinski definition) is 3. The molecule has 0 amide bonds. The molecule has 88 valence electrons. The first-order chi connectivity index (χ1) is 8.25. The summed E-state index contributed by atoms with van der Waals surface area (Å²) in [5.41, 5.74) is 2.00. The van der Waals surface area contributed by atoms with Crippen LogP contribution in [-0.2, 0) is 6.42 Å². The Morgan fingerprint density at radius 2 is 2.18 bits per heavy atom. The minimum Gasteiger partial charge on any atom is -0.493 e. The molecule has 0 spiro atoms. The molecule has 1 aromatic heterocycles. The Morgan fingerprint density at radius 3 is 2.94 bits per heavy atom. The van der Waals surface area contributed by atoms with Crippen LogP contribution in [0.3, 0.4) is 0 Å². The van der Waals surface area contributed by atoms with Crippen LogP contribution in [0.15, 0.2) is 30.3 Å². The number of para-hydroxylation sites is 1. The first-order valence-corrected chi connectivity index (χ1v) is 6.63. The van der Waals surface area contributed by atoms with E-state index in [0.717, 1.165) is 22.6 Å². The van der Waals surface area contributed by atoms with Crippen LogP contribution in [0.2, 0.25) is 4.34 Å². The first kappa shape index (κ1) is 11.1. The molecular formula is C13H11ClO2S. The Kier molecular flexibility index (Phi) is 2.82. The molecule has 2 heterocycles. The fraction of sp³-hybridized carbons (Fsp3) is 0.231. The maximum absolute atomic E-state index is 10.3. The molecule has 1 atom stereocenters. The van der Waals surface area contributed by atoms with Crippen LogP contribution in [0, 0.1) is 0 Å². The van der Waals surface area contributed by atoms with Crippen molar-refractivity contribution in [2.75, 3.05) is 6.61 Å². The van der Waals surface area contributed by atoms with Crippen LogP contribution in [0.25, 0.3) is 0 Å². The van der Waals surface area contributed by atoms with Crippen molar-refractivity contribution in [3.8, 4) is 5.75 Å². The van der Waals surface area contributed by atoms with E-state index >= 15 is 0 Å². The Labute approximate surface area is 108 Å². The fourth-order valence-corrected chi connectivity index (χ4v) is 3.15. The molecule has 4 heteroatoms. The minimum atomic E-state index is -0.652. The third-order valence-electron chi connectivity index (χ3n) is 2.90. The van der Waals surface area contributed by atoms with Crippen molar-refractivity contribution in [2.45, 2.75) is 12.5 Å². The van der Waals surface area contributed by atoms with Gasteiger partial charge in [0.2, 0.25) is 0 Å². The average Bonchev–Trinajstić information content (AvgIpc) is 2.95. The van der Waals surface area contributed by atoms with Gasteiger partial charge in [0.15, 0.2) is 0 Å². The Morgan fingerprint density at radius 1 is 1.29 bits per heavy atom. The zero-order valence-corrected chi connectivity index (χ0v) is 10.6. The predicted molar refractivity (Wildman–Crippen MR) is 69.0 cm³/mol. The first-order valence-electron chi connectivity index (χ1n) is 5.43. The van der Waals surface area contributed by atoms with Gasteiger partial charge in [-0.1, -0.05) is 29.8 Å². The molecule has 2 aromatic rings. The van der Waals surface area contributed by atoms with Gasteiger partial charge in [-0.25, -0.2) is 0 Å². The van der Waals surface area contributed by atoms with Gasteiger partial charge in [0, 0.05) is 16.9 Å². The molecule has 1 aliphatic rings. The van der Waals surface area contributed by atoms with Gasteiger partial charge < -0.3 is 9.84 Å². The summed E-state index contributed by atoms with van der Waals surface area (Å²) in [4.78, 5) is 0.846. The molecule has 1 aromatic carbocycles. The maximum Gasteiger partial charge on any atom is 0.128 e. The number of rotatable bonds is 2. The van der Waals surface area contributed by atoms with Crippen LogP contribution >= 0.6 is 22.9 Å². The van der Waals surface area contributed by atoms with E-state index in [-0.39, 0.29) is 0 Å². The smallest absolute Gasteiger partial charge is 0.128 e. The molecule has 0 saturated heterocycles. The van der Waals surface area contributed by atoms with E-state index in [1.54, 1.807) is 6.07 Å². The standard InChI is InChI=1S/C13H11ClO2S/c14-11-5-4-10(17-11)12(15)9-3-1-2-8-6-7-16-13(8)9/h1-5,12,15H,6-7H2. The SMILES string of the molecule is OC(c1ccc(Cl)s1)c1cccc2c1OCC2. The van der Waals surface area contributed by atoms with E-state index in [4.69, 9.17) is 16.3 Å². The third kappa shape index (κ3) is 1.95. The Bertz CT molecular complexity index is 550. The summed E-state index contributed by atoms with van der Waals surface area (Å²) < 4.78 is 6.28. The molecule has 1 N–H and O–H groups in total. The van der Waals surface area contributed by atoms with Gasteiger partial charge in [-0.15, -0.1) is 11.3 Å². The topological polar surface area (TPSA) is 29.5 Å². The van der Waals surface area contributed by atoms with Crippen molar-refractivity contribution < 1.29 is 9.84 Å². The lowest BCUT2D eigenvalue weighted by atomic mass is 10.0. The van der Waals surface area contributed by atoms with E-state index in [9.17, 15) is 5.11 Å². The lowest BCUT2D eigenvalue weighted by Crippen LogP contribution is -2.00. The molecule has 0 saturated carbocycles. The van der Waals surface area contributed by atoms with Crippen molar-refractivity contribution in [3.05, 3.63) is 50.7 Å². The second-order valence-corrected chi connectivity index (χ2v) is 5.73. The van der Waals surface area contributed by atoms with E-state index in [0.29, 0.717) is 10.9 Å². The second kappa shape index (κ2) is 4.33. The van der Waals surface area contributed by atoms with E-state index in [1.807, 2.05) is 24.3 Å². The zero-order chi connectivity index (χ0) is 11.8. The van der Waals surface area contributed by atoms with Gasteiger partial charge in [-0.2, -0.15) is 0 Å². The molecule has 1 unspecified atom stereocenters. The quantitative estimate of drug-likeness (QED) is 0.903. The number of aliphatic hydroxyl groups excluding tert-OH is 1. The van der Waals surface area contributed by atoms with Crippen LogP contribution in [-0.4, -0.2) is 11.7 Å². The molecule has 1 aliphatic heterocycles. The number of halogens is 1. The second-order valence-electron chi connectivity index (χ2n) is 3.98. The molecule has 0 aliphatic carbocycles. The number of ether oxygens (including phenoxy) is 1. The minimum absolute atomic E-state index is 0.652. The van der Waals surface area contributed by atoms with Crippen molar-refractivity contribution in [1.82, 2.24) is 0 Å². The van der Waals surface area contributed by atoms with Gasteiger partial charge in [0.25, 0.3) is 0 Å². The highest BCUT2D eigenvalue weighted by molar-refractivity contribution is 7.16.